The van der Waals surface area contributed by atoms with Crippen LogP contribution in [0.1, 0.15) is 41.7 Å². The molecule has 1 saturated carbocycles. The van der Waals surface area contributed by atoms with Gasteiger partial charge in [0.1, 0.15) is 11.6 Å². The molecule has 0 saturated heterocycles. The molecule has 23 heavy (non-hydrogen) atoms. The molecule has 2 N–H and O–H groups in total. The maximum Gasteiger partial charge on any atom is 0.356 e. The lowest BCUT2D eigenvalue weighted by Gasteiger charge is -2.16. The summed E-state index contributed by atoms with van der Waals surface area (Å²) in [4.78, 5) is 18.7. The van der Waals surface area contributed by atoms with Crippen molar-refractivity contribution in [2.75, 3.05) is 5.32 Å². The number of nitrogens with one attached hydrogen (secondary N) is 1. The first-order valence-corrected chi connectivity index (χ1v) is 7.76. The van der Waals surface area contributed by atoms with Crippen LogP contribution in [0, 0.1) is 0 Å². The van der Waals surface area contributed by atoms with E-state index in [0.29, 0.717) is 18.5 Å². The number of ether oxygens (including phenoxy) is 1. The Hall–Kier alpha value is -2.63. The van der Waals surface area contributed by atoms with E-state index in [0.717, 1.165) is 24.2 Å². The lowest BCUT2D eigenvalue weighted by Crippen LogP contribution is -2.13. The third kappa shape index (κ3) is 3.97. The fraction of sp³-hybridized carbons (Fsp3) is 0.353. The molecule has 120 valence electrons. The number of rotatable bonds is 6. The van der Waals surface area contributed by atoms with Gasteiger partial charge < -0.3 is 15.2 Å². The summed E-state index contributed by atoms with van der Waals surface area (Å²) in [6.45, 7) is 0.546. The Morgan fingerprint density at radius 2 is 2.00 bits per heavy atom. The van der Waals surface area contributed by atoms with E-state index in [1.807, 2.05) is 24.3 Å². The molecule has 3 rings (SSSR count). The van der Waals surface area contributed by atoms with E-state index >= 15 is 0 Å². The Balaban J connectivity index is 1.64. The molecule has 1 aromatic carbocycles. The molecule has 1 aliphatic carbocycles. The summed E-state index contributed by atoms with van der Waals surface area (Å²) in [6.07, 6.45) is 7.67. The summed E-state index contributed by atoms with van der Waals surface area (Å²) in [7, 11) is 0. The van der Waals surface area contributed by atoms with Gasteiger partial charge in [-0.05, 0) is 31.7 Å². The van der Waals surface area contributed by atoms with E-state index in [9.17, 15) is 4.79 Å². The largest absolute Gasteiger partial charge is 0.490 e. The van der Waals surface area contributed by atoms with Crippen molar-refractivity contribution in [3.63, 3.8) is 0 Å². The highest BCUT2D eigenvalue weighted by atomic mass is 16.5. The normalized spacial score (nSPS) is 14.6. The molecular weight excluding hydrogens is 294 g/mol. The van der Waals surface area contributed by atoms with Crippen LogP contribution < -0.4 is 10.1 Å². The lowest BCUT2D eigenvalue weighted by atomic mass is 10.2. The highest BCUT2D eigenvalue weighted by Gasteiger charge is 2.17. The number of anilines is 1. The van der Waals surface area contributed by atoms with E-state index in [4.69, 9.17) is 9.84 Å². The van der Waals surface area contributed by atoms with Gasteiger partial charge in [0.05, 0.1) is 18.5 Å². The van der Waals surface area contributed by atoms with Crippen LogP contribution in [0.25, 0.3) is 0 Å². The van der Waals surface area contributed by atoms with Gasteiger partial charge in [-0.15, -0.1) is 0 Å². The first-order valence-electron chi connectivity index (χ1n) is 7.76. The Kier molecular flexibility index (Phi) is 4.71. The number of hydrogen-bond acceptors (Lipinski definition) is 5. The Morgan fingerprint density at radius 3 is 2.70 bits per heavy atom. The molecule has 0 aliphatic heterocycles. The molecule has 6 nitrogen and oxygen atoms in total. The van der Waals surface area contributed by atoms with E-state index < -0.39 is 5.97 Å². The predicted molar refractivity (Wildman–Crippen MR) is 85.6 cm³/mol. The highest BCUT2D eigenvalue weighted by Crippen LogP contribution is 2.27. The van der Waals surface area contributed by atoms with Crippen molar-refractivity contribution in [3.8, 4) is 5.75 Å². The molecule has 0 radical (unpaired) electrons. The van der Waals surface area contributed by atoms with Crippen LogP contribution in [0.5, 0.6) is 5.75 Å². The minimum Gasteiger partial charge on any atom is -0.490 e. The van der Waals surface area contributed by atoms with Gasteiger partial charge in [-0.1, -0.05) is 18.2 Å². The molecule has 1 fully saturated rings. The summed E-state index contributed by atoms with van der Waals surface area (Å²) in [5.74, 6) is 0.340. The maximum atomic E-state index is 10.8. The summed E-state index contributed by atoms with van der Waals surface area (Å²) in [5, 5.41) is 12.0. The molecular formula is C17H19N3O3. The second kappa shape index (κ2) is 7.09. The Morgan fingerprint density at radius 1 is 1.22 bits per heavy atom. The van der Waals surface area contributed by atoms with Gasteiger partial charge in [0, 0.05) is 12.1 Å². The van der Waals surface area contributed by atoms with Gasteiger partial charge in [-0.2, -0.15) is 0 Å². The first-order chi connectivity index (χ1) is 11.2. The van der Waals surface area contributed by atoms with Crippen molar-refractivity contribution >= 4 is 11.8 Å². The van der Waals surface area contributed by atoms with E-state index in [2.05, 4.69) is 15.3 Å². The zero-order valence-corrected chi connectivity index (χ0v) is 12.7. The van der Waals surface area contributed by atoms with Crippen LogP contribution in [0.15, 0.2) is 36.7 Å². The monoisotopic (exact) mass is 313 g/mol. The van der Waals surface area contributed by atoms with Crippen LogP contribution in [0.2, 0.25) is 0 Å². The lowest BCUT2D eigenvalue weighted by molar-refractivity contribution is 0.0690. The molecule has 0 atom stereocenters. The summed E-state index contributed by atoms with van der Waals surface area (Å²) < 4.78 is 6.09. The van der Waals surface area contributed by atoms with Crippen LogP contribution >= 0.6 is 0 Å². The standard InChI is InChI=1S/C17H19N3O3/c21-17(22)14-10-20-16(11-18-14)19-9-12-5-1-4-8-15(12)23-13-6-2-3-7-13/h1,4-5,8,10-11,13H,2-3,6-7,9H2,(H,19,20)(H,21,22). The van der Waals surface area contributed by atoms with Gasteiger partial charge in [-0.25, -0.2) is 14.8 Å². The SMILES string of the molecule is O=C(O)c1cnc(NCc2ccccc2OC2CCCC2)cn1. The summed E-state index contributed by atoms with van der Waals surface area (Å²) in [6, 6.07) is 7.93. The van der Waals surface area contributed by atoms with Gasteiger partial charge in [0.25, 0.3) is 0 Å². The second-order valence-electron chi connectivity index (χ2n) is 5.58. The third-order valence-electron chi connectivity index (χ3n) is 3.90. The molecule has 0 unspecified atom stereocenters. The minimum absolute atomic E-state index is 0.0690. The smallest absolute Gasteiger partial charge is 0.356 e. The number of carbonyl (C=O) groups is 1. The fourth-order valence-electron chi connectivity index (χ4n) is 2.67. The predicted octanol–water partition coefficient (Wildman–Crippen LogP) is 3.11. The van der Waals surface area contributed by atoms with Gasteiger partial charge in [0.2, 0.25) is 0 Å². The number of para-hydroxylation sites is 1. The zero-order valence-electron chi connectivity index (χ0n) is 12.7. The molecule has 6 heteroatoms. The molecule has 0 amide bonds. The highest BCUT2D eigenvalue weighted by molar-refractivity contribution is 5.84. The Bertz CT molecular complexity index is 667. The molecule has 0 bridgehead atoms. The van der Waals surface area contributed by atoms with Crippen LogP contribution in [0.3, 0.4) is 0 Å². The van der Waals surface area contributed by atoms with Gasteiger partial charge >= 0.3 is 5.97 Å². The molecule has 1 heterocycles. The summed E-state index contributed by atoms with van der Waals surface area (Å²) >= 11 is 0. The molecule has 2 aromatic rings. The van der Waals surface area contributed by atoms with Crippen molar-refractivity contribution < 1.29 is 14.6 Å². The van der Waals surface area contributed by atoms with Crippen LogP contribution in [-0.2, 0) is 6.54 Å². The number of aromatic nitrogens is 2. The van der Waals surface area contributed by atoms with Crippen molar-refractivity contribution in [3.05, 3.63) is 47.9 Å². The van der Waals surface area contributed by atoms with Crippen molar-refractivity contribution in [1.29, 1.82) is 0 Å². The topological polar surface area (TPSA) is 84.3 Å². The number of nitrogens with zero attached hydrogens (tertiary/aromatic N) is 2. The maximum absolute atomic E-state index is 10.8. The minimum atomic E-state index is -1.08. The quantitative estimate of drug-likeness (QED) is 0.852. The molecule has 1 aromatic heterocycles. The van der Waals surface area contributed by atoms with Gasteiger partial charge in [0.15, 0.2) is 5.69 Å². The van der Waals surface area contributed by atoms with Gasteiger partial charge in [-0.3, -0.25) is 0 Å². The number of carboxylic acids is 1. The molecule has 1 aliphatic rings. The average Bonchev–Trinajstić information content (AvgIpc) is 3.07. The average molecular weight is 313 g/mol. The zero-order chi connectivity index (χ0) is 16.1. The van der Waals surface area contributed by atoms with E-state index in [1.165, 1.54) is 25.2 Å². The fourth-order valence-corrected chi connectivity index (χ4v) is 2.67. The Labute approximate surface area is 134 Å². The number of aromatic carboxylic acids is 1. The third-order valence-corrected chi connectivity index (χ3v) is 3.90. The number of benzene rings is 1. The van der Waals surface area contributed by atoms with E-state index in [1.54, 1.807) is 0 Å². The second-order valence-corrected chi connectivity index (χ2v) is 5.58. The molecule has 0 spiro atoms. The number of carboxylic acid groups (broad SMARTS) is 1. The number of hydrogen-bond donors (Lipinski definition) is 2. The first kappa shape index (κ1) is 15.3. The van der Waals surface area contributed by atoms with Crippen molar-refractivity contribution in [1.82, 2.24) is 9.97 Å². The van der Waals surface area contributed by atoms with Crippen LogP contribution in [0.4, 0.5) is 5.82 Å². The van der Waals surface area contributed by atoms with Crippen molar-refractivity contribution in [2.24, 2.45) is 0 Å². The van der Waals surface area contributed by atoms with Crippen LogP contribution in [-0.4, -0.2) is 27.1 Å². The van der Waals surface area contributed by atoms with Crippen molar-refractivity contribution in [2.45, 2.75) is 38.3 Å². The summed E-state index contributed by atoms with van der Waals surface area (Å²) in [5.41, 5.74) is 0.976. The van der Waals surface area contributed by atoms with E-state index in [-0.39, 0.29) is 5.69 Å².